The van der Waals surface area contributed by atoms with Gasteiger partial charge in [0.25, 0.3) is 5.91 Å². The van der Waals surface area contributed by atoms with Crippen molar-refractivity contribution in [3.8, 4) is 5.88 Å². The molecular weight excluding hydrogens is 432 g/mol. The van der Waals surface area contributed by atoms with E-state index in [1.165, 1.54) is 17.8 Å². The number of hydrogen-bond donors (Lipinski definition) is 1. The number of hydrogen-bond acceptors (Lipinski definition) is 7. The molecule has 1 aromatic carbocycles. The van der Waals surface area contributed by atoms with Crippen LogP contribution < -0.4 is 10.5 Å². The molecule has 1 aliphatic rings. The van der Waals surface area contributed by atoms with E-state index in [-0.39, 0.29) is 40.4 Å². The molecule has 0 unspecified atom stereocenters. The van der Waals surface area contributed by atoms with Crippen LogP contribution in [0.1, 0.15) is 41.9 Å². The van der Waals surface area contributed by atoms with E-state index in [0.29, 0.717) is 23.8 Å². The fraction of sp³-hybridized carbons (Fsp3) is 0.318. The van der Waals surface area contributed by atoms with Gasteiger partial charge in [0, 0.05) is 36.8 Å². The van der Waals surface area contributed by atoms with Crippen molar-refractivity contribution in [3.05, 3.63) is 53.5 Å². The Kier molecular flexibility index (Phi) is 5.03. The molecule has 0 aliphatic carbocycles. The van der Waals surface area contributed by atoms with E-state index in [4.69, 9.17) is 10.5 Å². The van der Waals surface area contributed by atoms with Gasteiger partial charge in [0.05, 0.1) is 18.1 Å². The third kappa shape index (κ3) is 3.59. The van der Waals surface area contributed by atoms with Crippen LogP contribution in [-0.4, -0.2) is 55.1 Å². The molecule has 1 amide bonds. The number of nitrogen functional groups attached to an aromatic ring is 1. The lowest BCUT2D eigenvalue weighted by Crippen LogP contribution is -2.45. The Hall–Kier alpha value is -3.89. The predicted octanol–water partition coefficient (Wildman–Crippen LogP) is 2.95. The highest BCUT2D eigenvalue weighted by Gasteiger charge is 2.33. The first-order valence-corrected chi connectivity index (χ1v) is 10.5. The predicted molar refractivity (Wildman–Crippen MR) is 116 cm³/mol. The summed E-state index contributed by atoms with van der Waals surface area (Å²) in [6, 6.07) is 5.25. The van der Waals surface area contributed by atoms with Crippen molar-refractivity contribution in [3.63, 3.8) is 0 Å². The largest absolute Gasteiger partial charge is 0.481 e. The van der Waals surface area contributed by atoms with Gasteiger partial charge in [0.1, 0.15) is 11.3 Å². The lowest BCUT2D eigenvalue weighted by Gasteiger charge is -2.37. The first-order chi connectivity index (χ1) is 15.9. The van der Waals surface area contributed by atoms with Gasteiger partial charge in [-0.25, -0.2) is 23.7 Å². The van der Waals surface area contributed by atoms with Crippen molar-refractivity contribution in [1.29, 1.82) is 0 Å². The number of aromatic nitrogens is 5. The van der Waals surface area contributed by atoms with E-state index in [0.717, 1.165) is 25.0 Å². The first-order valence-electron chi connectivity index (χ1n) is 10.5. The first kappa shape index (κ1) is 21.0. The number of likely N-dealkylation sites (tertiary alicyclic amines) is 1. The van der Waals surface area contributed by atoms with Crippen molar-refractivity contribution in [2.45, 2.75) is 31.7 Å². The monoisotopic (exact) mass is 453 g/mol. The Morgan fingerprint density at radius 2 is 2.03 bits per heavy atom. The van der Waals surface area contributed by atoms with E-state index in [9.17, 15) is 13.6 Å². The highest BCUT2D eigenvalue weighted by Crippen LogP contribution is 2.31. The molecule has 9 nitrogen and oxygen atoms in total. The third-order valence-corrected chi connectivity index (χ3v) is 6.04. The number of amides is 1. The second kappa shape index (κ2) is 7.91. The summed E-state index contributed by atoms with van der Waals surface area (Å²) >= 11 is 0. The number of nitrogens with two attached hydrogens (primary N) is 1. The van der Waals surface area contributed by atoms with Crippen molar-refractivity contribution in [2.75, 3.05) is 19.4 Å². The zero-order valence-corrected chi connectivity index (χ0v) is 18.0. The summed E-state index contributed by atoms with van der Waals surface area (Å²) < 4.78 is 34.4. The number of ether oxygens (including phenoxy) is 1. The van der Waals surface area contributed by atoms with Crippen LogP contribution in [0.25, 0.3) is 16.6 Å². The Labute approximate surface area is 187 Å². The second-order valence-corrected chi connectivity index (χ2v) is 8.13. The molecule has 170 valence electrons. The van der Waals surface area contributed by atoms with E-state index < -0.39 is 11.6 Å². The number of benzene rings is 1. The maximum atomic E-state index is 14.2. The van der Waals surface area contributed by atoms with Crippen molar-refractivity contribution >= 4 is 28.4 Å². The van der Waals surface area contributed by atoms with Gasteiger partial charge in [0.2, 0.25) is 11.8 Å². The van der Waals surface area contributed by atoms with Crippen LogP contribution in [0, 0.1) is 11.6 Å². The molecule has 3 aromatic heterocycles. The number of pyridine rings is 1. The summed E-state index contributed by atoms with van der Waals surface area (Å²) in [7, 11) is 1.51. The van der Waals surface area contributed by atoms with E-state index in [1.807, 2.05) is 6.92 Å². The summed E-state index contributed by atoms with van der Waals surface area (Å²) in [4.78, 5) is 27.6. The van der Waals surface area contributed by atoms with Gasteiger partial charge in [-0.15, -0.1) is 5.10 Å². The SMILES string of the molecule is COc1ccc(C(=O)N2C[C@H](c3nc4c5cc(F)cc(F)c5nc(N)n4n3)CC[C@@H]2C)cn1. The molecule has 1 fully saturated rings. The summed E-state index contributed by atoms with van der Waals surface area (Å²) in [5.74, 6) is -1.07. The lowest BCUT2D eigenvalue weighted by atomic mass is 9.92. The van der Waals surface area contributed by atoms with Gasteiger partial charge in [0.15, 0.2) is 17.3 Å². The minimum Gasteiger partial charge on any atom is -0.481 e. The molecule has 0 spiro atoms. The molecule has 4 aromatic rings. The molecule has 0 radical (unpaired) electrons. The molecule has 0 bridgehead atoms. The topological polar surface area (TPSA) is 112 Å². The van der Waals surface area contributed by atoms with Crippen LogP contribution in [0.3, 0.4) is 0 Å². The molecule has 0 saturated carbocycles. The maximum Gasteiger partial charge on any atom is 0.255 e. The molecular formula is C22H21F2N7O2. The Morgan fingerprint density at radius 3 is 2.76 bits per heavy atom. The van der Waals surface area contributed by atoms with Crippen molar-refractivity contribution < 1.29 is 18.3 Å². The number of anilines is 1. The number of piperidine rings is 1. The van der Waals surface area contributed by atoms with Crippen LogP contribution in [-0.2, 0) is 0 Å². The van der Waals surface area contributed by atoms with Crippen molar-refractivity contribution in [1.82, 2.24) is 29.5 Å². The fourth-order valence-corrected chi connectivity index (χ4v) is 4.24. The summed E-state index contributed by atoms with van der Waals surface area (Å²) in [6.45, 7) is 2.38. The van der Waals surface area contributed by atoms with Gasteiger partial charge in [-0.2, -0.15) is 4.52 Å². The minimum atomic E-state index is -0.819. The second-order valence-electron chi connectivity index (χ2n) is 8.13. The number of carbonyl (C=O) groups is 1. The van der Waals surface area contributed by atoms with Gasteiger partial charge in [-0.1, -0.05) is 0 Å². The van der Waals surface area contributed by atoms with Gasteiger partial charge >= 0.3 is 0 Å². The van der Waals surface area contributed by atoms with E-state index in [1.54, 1.807) is 17.0 Å². The standard InChI is InChI=1S/C22H21F2N7O2/c1-11-3-4-13(10-30(11)21(32)12-5-6-17(33-2)26-9-12)19-28-20-15-7-14(23)8-16(24)18(15)27-22(25)31(20)29-19/h5-9,11,13H,3-4,10H2,1-2H3,(H2,25,27)/t11-,13+/m0/s1. The average Bonchev–Trinajstić information content (AvgIpc) is 3.26. The lowest BCUT2D eigenvalue weighted by molar-refractivity contribution is 0.0605. The highest BCUT2D eigenvalue weighted by atomic mass is 19.1. The number of halogens is 2. The molecule has 1 aliphatic heterocycles. The highest BCUT2D eigenvalue weighted by molar-refractivity contribution is 5.94. The molecule has 33 heavy (non-hydrogen) atoms. The van der Waals surface area contributed by atoms with Crippen LogP contribution in [0.5, 0.6) is 5.88 Å². The van der Waals surface area contributed by atoms with E-state index >= 15 is 0 Å². The number of carbonyl (C=O) groups excluding carboxylic acids is 1. The Bertz CT molecular complexity index is 1370. The Morgan fingerprint density at radius 1 is 1.21 bits per heavy atom. The number of fused-ring (bicyclic) bond motifs is 3. The minimum absolute atomic E-state index is 0.0173. The third-order valence-electron chi connectivity index (χ3n) is 6.04. The molecule has 4 heterocycles. The molecule has 5 rings (SSSR count). The van der Waals surface area contributed by atoms with E-state index in [2.05, 4.69) is 20.1 Å². The summed E-state index contributed by atoms with van der Waals surface area (Å²) in [5.41, 5.74) is 6.59. The summed E-state index contributed by atoms with van der Waals surface area (Å²) in [6.07, 6.45) is 2.98. The van der Waals surface area contributed by atoms with Gasteiger partial charge in [-0.3, -0.25) is 4.79 Å². The molecule has 2 atom stereocenters. The number of nitrogens with zero attached hydrogens (tertiary/aromatic N) is 6. The number of methoxy groups -OCH3 is 1. The molecule has 2 N–H and O–H groups in total. The van der Waals surface area contributed by atoms with Crippen LogP contribution in [0.15, 0.2) is 30.5 Å². The molecule has 1 saturated heterocycles. The number of rotatable bonds is 3. The van der Waals surface area contributed by atoms with Gasteiger partial charge < -0.3 is 15.4 Å². The quantitative estimate of drug-likeness (QED) is 0.508. The van der Waals surface area contributed by atoms with Crippen LogP contribution >= 0.6 is 0 Å². The maximum absolute atomic E-state index is 14.2. The Balaban J connectivity index is 1.50. The molecule has 11 heteroatoms. The summed E-state index contributed by atoms with van der Waals surface area (Å²) in [5, 5.41) is 4.65. The van der Waals surface area contributed by atoms with Crippen LogP contribution in [0.2, 0.25) is 0 Å². The smallest absolute Gasteiger partial charge is 0.255 e. The fourth-order valence-electron chi connectivity index (χ4n) is 4.24. The normalized spacial score (nSPS) is 18.7. The zero-order chi connectivity index (χ0) is 23.3. The van der Waals surface area contributed by atoms with Gasteiger partial charge in [-0.05, 0) is 31.9 Å². The van der Waals surface area contributed by atoms with Crippen molar-refractivity contribution in [2.24, 2.45) is 0 Å². The average molecular weight is 453 g/mol. The zero-order valence-electron chi connectivity index (χ0n) is 18.0. The van der Waals surface area contributed by atoms with Crippen LogP contribution in [0.4, 0.5) is 14.7 Å².